The Morgan fingerprint density at radius 3 is 2.73 bits per heavy atom. The molecule has 2 heterocycles. The standard InChI is InChI=1S/C15H20N2O5/c1-9(2)5-11-6-10(7-12(18)16-11)13(19)17-15(14(20)21)3-4-22-8-15/h6-7,9H,3-5,8H2,1-2H3,(H,16,18)(H,17,19)(H,20,21). The highest BCUT2D eigenvalue weighted by Gasteiger charge is 2.44. The number of pyridine rings is 1. The Bertz CT molecular complexity index is 629. The summed E-state index contributed by atoms with van der Waals surface area (Å²) in [5.41, 5.74) is -0.986. The van der Waals surface area contributed by atoms with E-state index in [1.807, 2.05) is 13.8 Å². The van der Waals surface area contributed by atoms with Crippen LogP contribution in [-0.2, 0) is 16.0 Å². The van der Waals surface area contributed by atoms with Crippen molar-refractivity contribution in [1.82, 2.24) is 10.3 Å². The maximum atomic E-state index is 12.3. The molecular formula is C15H20N2O5. The molecule has 3 N–H and O–H groups in total. The highest BCUT2D eigenvalue weighted by molar-refractivity contribution is 5.98. The van der Waals surface area contributed by atoms with Crippen molar-refractivity contribution in [3.05, 3.63) is 33.7 Å². The zero-order valence-electron chi connectivity index (χ0n) is 12.6. The number of rotatable bonds is 5. The van der Waals surface area contributed by atoms with Gasteiger partial charge in [0.25, 0.3) is 5.91 Å². The number of hydrogen-bond donors (Lipinski definition) is 3. The minimum Gasteiger partial charge on any atom is -0.479 e. The van der Waals surface area contributed by atoms with E-state index in [-0.39, 0.29) is 30.8 Å². The van der Waals surface area contributed by atoms with Gasteiger partial charge in [0.1, 0.15) is 0 Å². The van der Waals surface area contributed by atoms with Crippen molar-refractivity contribution in [1.29, 1.82) is 0 Å². The lowest BCUT2D eigenvalue weighted by molar-refractivity contribution is -0.144. The van der Waals surface area contributed by atoms with E-state index in [0.717, 1.165) is 0 Å². The number of carbonyl (C=O) groups is 2. The molecule has 1 fully saturated rings. The summed E-state index contributed by atoms with van der Waals surface area (Å²) in [6.45, 7) is 4.21. The summed E-state index contributed by atoms with van der Waals surface area (Å²) in [6.07, 6.45) is 0.833. The van der Waals surface area contributed by atoms with Gasteiger partial charge in [-0.3, -0.25) is 9.59 Å². The first kappa shape index (κ1) is 16.2. The first-order valence-electron chi connectivity index (χ1n) is 7.19. The number of H-pyrrole nitrogens is 1. The van der Waals surface area contributed by atoms with Gasteiger partial charge in [0.05, 0.1) is 6.61 Å². The lowest BCUT2D eigenvalue weighted by atomic mass is 9.98. The molecule has 1 unspecified atom stereocenters. The van der Waals surface area contributed by atoms with Crippen LogP contribution in [0.2, 0.25) is 0 Å². The third kappa shape index (κ3) is 3.54. The molecule has 1 atom stereocenters. The molecule has 2 rings (SSSR count). The molecule has 7 heteroatoms. The summed E-state index contributed by atoms with van der Waals surface area (Å²) < 4.78 is 5.10. The number of ether oxygens (including phenoxy) is 1. The number of nitrogens with one attached hydrogen (secondary N) is 2. The summed E-state index contributed by atoms with van der Waals surface area (Å²) in [7, 11) is 0. The number of amides is 1. The molecule has 1 aromatic rings. The molecule has 1 aliphatic heterocycles. The number of aromatic nitrogens is 1. The first-order chi connectivity index (χ1) is 10.3. The summed E-state index contributed by atoms with van der Waals surface area (Å²) in [6, 6.07) is 2.76. The van der Waals surface area contributed by atoms with E-state index in [9.17, 15) is 19.5 Å². The fourth-order valence-electron chi connectivity index (χ4n) is 2.46. The van der Waals surface area contributed by atoms with Crippen LogP contribution in [0, 0.1) is 5.92 Å². The number of aromatic amines is 1. The predicted molar refractivity (Wildman–Crippen MR) is 78.9 cm³/mol. The lowest BCUT2D eigenvalue weighted by Gasteiger charge is -2.23. The largest absolute Gasteiger partial charge is 0.479 e. The van der Waals surface area contributed by atoms with Crippen LogP contribution in [-0.4, -0.2) is 40.7 Å². The molecule has 120 valence electrons. The van der Waals surface area contributed by atoms with Crippen molar-refractivity contribution >= 4 is 11.9 Å². The van der Waals surface area contributed by atoms with Crippen molar-refractivity contribution < 1.29 is 19.4 Å². The number of carboxylic acids is 1. The van der Waals surface area contributed by atoms with Gasteiger partial charge in [-0.05, 0) is 18.4 Å². The second-order valence-electron chi connectivity index (χ2n) is 6.00. The summed E-state index contributed by atoms with van der Waals surface area (Å²) in [5, 5.41) is 11.8. The van der Waals surface area contributed by atoms with Gasteiger partial charge in [0.2, 0.25) is 5.56 Å². The van der Waals surface area contributed by atoms with Crippen molar-refractivity contribution in [3.8, 4) is 0 Å². The molecular weight excluding hydrogens is 288 g/mol. The van der Waals surface area contributed by atoms with Gasteiger partial charge < -0.3 is 20.1 Å². The van der Waals surface area contributed by atoms with E-state index in [1.165, 1.54) is 6.07 Å². The number of hydrogen-bond acceptors (Lipinski definition) is 4. The molecule has 0 saturated carbocycles. The monoisotopic (exact) mass is 308 g/mol. The van der Waals surface area contributed by atoms with Crippen molar-refractivity contribution in [2.75, 3.05) is 13.2 Å². The summed E-state index contributed by atoms with van der Waals surface area (Å²) in [5.74, 6) is -1.39. The van der Waals surface area contributed by atoms with Gasteiger partial charge in [-0.25, -0.2) is 4.79 Å². The third-order valence-electron chi connectivity index (χ3n) is 3.57. The number of carboxylic acid groups (broad SMARTS) is 1. The van der Waals surface area contributed by atoms with Crippen LogP contribution in [0.3, 0.4) is 0 Å². The van der Waals surface area contributed by atoms with E-state index < -0.39 is 17.4 Å². The van der Waals surface area contributed by atoms with Gasteiger partial charge in [0, 0.05) is 30.4 Å². The lowest BCUT2D eigenvalue weighted by Crippen LogP contribution is -2.55. The van der Waals surface area contributed by atoms with Crippen LogP contribution >= 0.6 is 0 Å². The van der Waals surface area contributed by atoms with E-state index in [1.54, 1.807) is 6.07 Å². The fraction of sp³-hybridized carbons (Fsp3) is 0.533. The van der Waals surface area contributed by atoms with Crippen LogP contribution in [0.5, 0.6) is 0 Å². The highest BCUT2D eigenvalue weighted by Crippen LogP contribution is 2.19. The smallest absolute Gasteiger partial charge is 0.331 e. The van der Waals surface area contributed by atoms with E-state index in [0.29, 0.717) is 18.0 Å². The normalized spacial score (nSPS) is 21.0. The average molecular weight is 308 g/mol. The molecule has 1 aliphatic rings. The Kier molecular flexibility index (Phi) is 4.65. The molecule has 22 heavy (non-hydrogen) atoms. The van der Waals surface area contributed by atoms with Crippen molar-refractivity contribution in [3.63, 3.8) is 0 Å². The zero-order chi connectivity index (χ0) is 16.3. The maximum absolute atomic E-state index is 12.3. The minimum absolute atomic E-state index is 0.0733. The third-order valence-corrected chi connectivity index (χ3v) is 3.57. The molecule has 1 saturated heterocycles. The molecule has 0 radical (unpaired) electrons. The molecule has 0 bridgehead atoms. The Balaban J connectivity index is 2.24. The maximum Gasteiger partial charge on any atom is 0.331 e. The van der Waals surface area contributed by atoms with Crippen LogP contribution in [0.1, 0.15) is 36.3 Å². The van der Waals surface area contributed by atoms with Gasteiger partial charge in [-0.1, -0.05) is 13.8 Å². The van der Waals surface area contributed by atoms with Gasteiger partial charge in [0.15, 0.2) is 5.54 Å². The first-order valence-corrected chi connectivity index (χ1v) is 7.19. The van der Waals surface area contributed by atoms with E-state index in [2.05, 4.69) is 10.3 Å². The topological polar surface area (TPSA) is 108 Å². The van der Waals surface area contributed by atoms with Crippen LogP contribution in [0.4, 0.5) is 0 Å². The van der Waals surface area contributed by atoms with E-state index >= 15 is 0 Å². The van der Waals surface area contributed by atoms with Gasteiger partial charge in [-0.15, -0.1) is 0 Å². The van der Waals surface area contributed by atoms with Crippen LogP contribution in [0.25, 0.3) is 0 Å². The van der Waals surface area contributed by atoms with Crippen LogP contribution in [0.15, 0.2) is 16.9 Å². The second-order valence-corrected chi connectivity index (χ2v) is 6.00. The van der Waals surface area contributed by atoms with Crippen molar-refractivity contribution in [2.45, 2.75) is 32.2 Å². The average Bonchev–Trinajstić information content (AvgIpc) is 2.87. The van der Waals surface area contributed by atoms with E-state index in [4.69, 9.17) is 4.74 Å². The highest BCUT2D eigenvalue weighted by atomic mass is 16.5. The molecule has 1 aromatic heterocycles. The Hall–Kier alpha value is -2.15. The van der Waals surface area contributed by atoms with Gasteiger partial charge >= 0.3 is 5.97 Å². The van der Waals surface area contributed by atoms with Crippen molar-refractivity contribution in [2.24, 2.45) is 5.92 Å². The summed E-state index contributed by atoms with van der Waals surface area (Å²) >= 11 is 0. The molecule has 0 aliphatic carbocycles. The van der Waals surface area contributed by atoms with Gasteiger partial charge in [-0.2, -0.15) is 0 Å². The number of aliphatic carboxylic acids is 1. The molecule has 7 nitrogen and oxygen atoms in total. The quantitative estimate of drug-likeness (QED) is 0.736. The summed E-state index contributed by atoms with van der Waals surface area (Å²) in [4.78, 5) is 38.1. The molecule has 0 spiro atoms. The minimum atomic E-state index is -1.42. The number of carbonyl (C=O) groups excluding carboxylic acids is 1. The van der Waals surface area contributed by atoms with Crippen LogP contribution < -0.4 is 10.9 Å². The molecule has 0 aromatic carbocycles. The second kappa shape index (κ2) is 6.31. The Morgan fingerprint density at radius 1 is 1.45 bits per heavy atom. The Labute approximate surface area is 127 Å². The Morgan fingerprint density at radius 2 is 2.18 bits per heavy atom. The predicted octanol–water partition coefficient (Wildman–Crippen LogP) is 0.547. The zero-order valence-corrected chi connectivity index (χ0v) is 12.6. The fourth-order valence-corrected chi connectivity index (χ4v) is 2.46. The molecule has 1 amide bonds. The SMILES string of the molecule is CC(C)Cc1cc(C(=O)NC2(C(=O)O)CCOC2)cc(=O)[nH]1.